The lowest BCUT2D eigenvalue weighted by molar-refractivity contribution is -0.144. The molecule has 0 saturated carbocycles. The minimum atomic E-state index is -0.422. The van der Waals surface area contributed by atoms with Gasteiger partial charge in [0.1, 0.15) is 12.3 Å². The first-order valence-electron chi connectivity index (χ1n) is 8.42. The topological polar surface area (TPSA) is 89.8 Å². The van der Waals surface area contributed by atoms with Crippen molar-refractivity contribution in [3.63, 3.8) is 0 Å². The minimum Gasteiger partial charge on any atom is -0.459 e. The second-order valence-electron chi connectivity index (χ2n) is 6.19. The van der Waals surface area contributed by atoms with Crippen LogP contribution in [0, 0.1) is 6.92 Å². The number of rotatable bonds is 5. The van der Waals surface area contributed by atoms with Gasteiger partial charge in [-0.25, -0.2) is 4.98 Å². The monoisotopic (exact) mass is 365 g/mol. The highest BCUT2D eigenvalue weighted by Crippen LogP contribution is 2.11. The number of pyridine rings is 1. The molecule has 27 heavy (non-hydrogen) atoms. The first-order valence-corrected chi connectivity index (χ1v) is 8.42. The lowest BCUT2D eigenvalue weighted by Crippen LogP contribution is -2.17. The van der Waals surface area contributed by atoms with Crippen molar-refractivity contribution in [3.05, 3.63) is 75.8 Å². The molecule has 0 bridgehead atoms. The number of hydrogen-bond donors (Lipinski definition) is 1. The number of hydrogen-bond acceptors (Lipinski definition) is 5. The van der Waals surface area contributed by atoms with Gasteiger partial charge in [0.15, 0.2) is 0 Å². The van der Waals surface area contributed by atoms with Crippen LogP contribution in [0.3, 0.4) is 0 Å². The number of fused-ring (bicyclic) bond motifs is 1. The molecule has 0 aliphatic rings. The van der Waals surface area contributed by atoms with Crippen molar-refractivity contribution in [2.24, 2.45) is 0 Å². The van der Waals surface area contributed by atoms with Crippen molar-refractivity contribution in [3.8, 4) is 0 Å². The Morgan fingerprint density at radius 3 is 2.63 bits per heavy atom. The van der Waals surface area contributed by atoms with E-state index in [4.69, 9.17) is 4.74 Å². The number of aryl methyl sites for hydroxylation is 1. The van der Waals surface area contributed by atoms with Crippen LogP contribution in [0.5, 0.6) is 0 Å². The summed E-state index contributed by atoms with van der Waals surface area (Å²) < 4.78 is 6.71. The maximum atomic E-state index is 12.1. The van der Waals surface area contributed by atoms with Gasteiger partial charge in [-0.3, -0.25) is 18.8 Å². The molecule has 0 atom stereocenters. The van der Waals surface area contributed by atoms with Crippen molar-refractivity contribution in [1.29, 1.82) is 0 Å². The molecule has 0 saturated heterocycles. The Bertz CT molecular complexity index is 1060. The van der Waals surface area contributed by atoms with E-state index in [9.17, 15) is 14.4 Å². The molecule has 0 spiro atoms. The standard InChI is InChI=1S/C20H19N3O4/c1-13-4-3-9-23-18(25)11-17(22-20(13)23)12-27-19(26)10-15-5-7-16(8-6-15)21-14(2)24/h3-9,11H,10,12H2,1-2H3,(H,21,24). The molecule has 0 radical (unpaired) electrons. The van der Waals surface area contributed by atoms with Gasteiger partial charge in [0, 0.05) is 24.9 Å². The average molecular weight is 365 g/mol. The predicted molar refractivity (Wildman–Crippen MR) is 100 cm³/mol. The largest absolute Gasteiger partial charge is 0.459 e. The number of amides is 1. The molecular weight excluding hydrogens is 346 g/mol. The summed E-state index contributed by atoms with van der Waals surface area (Å²) in [6, 6.07) is 11.9. The third-order valence-corrected chi connectivity index (χ3v) is 3.94. The number of carbonyl (C=O) groups is 2. The lowest BCUT2D eigenvalue weighted by atomic mass is 10.1. The van der Waals surface area contributed by atoms with Crippen LogP contribution in [0.1, 0.15) is 23.7 Å². The van der Waals surface area contributed by atoms with E-state index >= 15 is 0 Å². The molecule has 1 aromatic carbocycles. The number of anilines is 1. The zero-order chi connectivity index (χ0) is 19.4. The molecule has 0 aliphatic heterocycles. The smallest absolute Gasteiger partial charge is 0.310 e. The van der Waals surface area contributed by atoms with Crippen molar-refractivity contribution < 1.29 is 14.3 Å². The lowest BCUT2D eigenvalue weighted by Gasteiger charge is -2.08. The second kappa shape index (κ2) is 7.82. The van der Waals surface area contributed by atoms with E-state index in [1.807, 2.05) is 13.0 Å². The van der Waals surface area contributed by atoms with Gasteiger partial charge in [-0.1, -0.05) is 18.2 Å². The summed E-state index contributed by atoms with van der Waals surface area (Å²) >= 11 is 0. The van der Waals surface area contributed by atoms with Crippen molar-refractivity contribution >= 4 is 23.2 Å². The summed E-state index contributed by atoms with van der Waals surface area (Å²) in [5.41, 5.74) is 3.02. The highest BCUT2D eigenvalue weighted by atomic mass is 16.5. The van der Waals surface area contributed by atoms with Gasteiger partial charge < -0.3 is 10.1 Å². The third kappa shape index (κ3) is 4.58. The molecule has 3 aromatic rings. The minimum absolute atomic E-state index is 0.0666. The quantitative estimate of drug-likeness (QED) is 0.701. The number of ether oxygens (including phenoxy) is 1. The van der Waals surface area contributed by atoms with Crippen LogP contribution in [0.2, 0.25) is 0 Å². The maximum Gasteiger partial charge on any atom is 0.310 e. The van der Waals surface area contributed by atoms with E-state index in [0.29, 0.717) is 17.0 Å². The Labute approximate surface area is 155 Å². The normalized spacial score (nSPS) is 10.6. The number of nitrogens with one attached hydrogen (secondary N) is 1. The summed E-state index contributed by atoms with van der Waals surface area (Å²) in [6.45, 7) is 3.23. The fourth-order valence-corrected chi connectivity index (χ4v) is 2.66. The number of nitrogens with zero attached hydrogens (tertiary/aromatic N) is 2. The first kappa shape index (κ1) is 18.3. The van der Waals surface area contributed by atoms with E-state index in [2.05, 4.69) is 10.3 Å². The summed E-state index contributed by atoms with van der Waals surface area (Å²) in [4.78, 5) is 39.6. The van der Waals surface area contributed by atoms with Crippen LogP contribution in [0.4, 0.5) is 5.69 Å². The van der Waals surface area contributed by atoms with Crippen molar-refractivity contribution in [1.82, 2.24) is 9.38 Å². The molecule has 3 rings (SSSR count). The highest BCUT2D eigenvalue weighted by molar-refractivity contribution is 5.88. The summed E-state index contributed by atoms with van der Waals surface area (Å²) in [6.07, 6.45) is 1.74. The predicted octanol–water partition coefficient (Wildman–Crippen LogP) is 2.25. The number of carbonyl (C=O) groups excluding carboxylic acids is 2. The Kier molecular flexibility index (Phi) is 5.30. The van der Waals surface area contributed by atoms with Gasteiger partial charge in [0.05, 0.1) is 12.1 Å². The van der Waals surface area contributed by atoms with Crippen LogP contribution in [-0.4, -0.2) is 21.3 Å². The number of aromatic nitrogens is 2. The van der Waals surface area contributed by atoms with Crippen LogP contribution in [0.15, 0.2) is 53.5 Å². The van der Waals surface area contributed by atoms with E-state index in [1.54, 1.807) is 36.5 Å². The number of benzene rings is 1. The first-order chi connectivity index (χ1) is 12.9. The van der Waals surface area contributed by atoms with E-state index in [-0.39, 0.29) is 24.5 Å². The molecule has 2 aromatic heterocycles. The van der Waals surface area contributed by atoms with Crippen molar-refractivity contribution in [2.75, 3.05) is 5.32 Å². The maximum absolute atomic E-state index is 12.1. The molecule has 1 amide bonds. The SMILES string of the molecule is CC(=O)Nc1ccc(CC(=O)OCc2cc(=O)n3cccc(C)c3n2)cc1. The van der Waals surface area contributed by atoms with Crippen LogP contribution < -0.4 is 10.9 Å². The van der Waals surface area contributed by atoms with Gasteiger partial charge in [0.2, 0.25) is 5.91 Å². The summed E-state index contributed by atoms with van der Waals surface area (Å²) in [5.74, 6) is -0.578. The zero-order valence-corrected chi connectivity index (χ0v) is 15.1. The molecular formula is C20H19N3O4. The Balaban J connectivity index is 1.64. The molecule has 0 aliphatic carbocycles. The fourth-order valence-electron chi connectivity index (χ4n) is 2.66. The fraction of sp³-hybridized carbons (Fsp3) is 0.200. The van der Waals surface area contributed by atoms with Crippen LogP contribution in [0.25, 0.3) is 5.65 Å². The molecule has 138 valence electrons. The van der Waals surface area contributed by atoms with Gasteiger partial charge >= 0.3 is 5.97 Å². The Morgan fingerprint density at radius 1 is 1.19 bits per heavy atom. The molecule has 7 nitrogen and oxygen atoms in total. The molecule has 2 heterocycles. The third-order valence-electron chi connectivity index (χ3n) is 3.94. The van der Waals surface area contributed by atoms with Gasteiger partial charge in [-0.15, -0.1) is 0 Å². The second-order valence-corrected chi connectivity index (χ2v) is 6.19. The van der Waals surface area contributed by atoms with E-state index in [0.717, 1.165) is 11.1 Å². The average Bonchev–Trinajstić information content (AvgIpc) is 2.62. The van der Waals surface area contributed by atoms with Crippen LogP contribution >= 0.6 is 0 Å². The van der Waals surface area contributed by atoms with E-state index < -0.39 is 5.97 Å². The highest BCUT2D eigenvalue weighted by Gasteiger charge is 2.09. The molecule has 1 N–H and O–H groups in total. The summed E-state index contributed by atoms with van der Waals surface area (Å²) in [5, 5.41) is 2.66. The van der Waals surface area contributed by atoms with E-state index in [1.165, 1.54) is 17.4 Å². The summed E-state index contributed by atoms with van der Waals surface area (Å²) in [7, 11) is 0. The van der Waals surface area contributed by atoms with Gasteiger partial charge in [-0.05, 0) is 36.2 Å². The Morgan fingerprint density at radius 2 is 1.93 bits per heavy atom. The van der Waals surface area contributed by atoms with Gasteiger partial charge in [0.25, 0.3) is 5.56 Å². The Hall–Kier alpha value is -3.48. The van der Waals surface area contributed by atoms with Crippen molar-refractivity contribution in [2.45, 2.75) is 26.9 Å². The zero-order valence-electron chi connectivity index (χ0n) is 15.1. The molecule has 0 fully saturated rings. The molecule has 0 unspecified atom stereocenters. The van der Waals surface area contributed by atoms with Gasteiger partial charge in [-0.2, -0.15) is 0 Å². The molecule has 7 heteroatoms. The van der Waals surface area contributed by atoms with Crippen LogP contribution in [-0.2, 0) is 27.4 Å². The number of esters is 1.